The summed E-state index contributed by atoms with van der Waals surface area (Å²) in [5, 5.41) is 6.54. The lowest BCUT2D eigenvalue weighted by atomic mass is 10.0. The molecule has 2 rings (SSSR count). The van der Waals surface area contributed by atoms with Gasteiger partial charge in [0.25, 0.3) is 0 Å². The van der Waals surface area contributed by atoms with Gasteiger partial charge in [-0.25, -0.2) is 4.79 Å². The van der Waals surface area contributed by atoms with Crippen molar-refractivity contribution >= 4 is 34.9 Å². The zero-order valence-electron chi connectivity index (χ0n) is 19.2. The molecule has 0 radical (unpaired) electrons. The summed E-state index contributed by atoms with van der Waals surface area (Å²) in [6, 6.07) is 18.1. The predicted molar refractivity (Wildman–Crippen MR) is 133 cm³/mol. The maximum Gasteiger partial charge on any atom is 0.328 e. The number of methoxy groups -OCH3 is 1. The Hall–Kier alpha value is -2.93. The molecule has 0 saturated heterocycles. The van der Waals surface area contributed by atoms with Gasteiger partial charge in [0, 0.05) is 18.7 Å². The van der Waals surface area contributed by atoms with Crippen LogP contribution in [0.1, 0.15) is 32.8 Å². The molecule has 0 bridgehead atoms. The maximum absolute atomic E-state index is 13.3. The number of para-hydroxylation sites is 1. The van der Waals surface area contributed by atoms with Crippen molar-refractivity contribution in [1.29, 1.82) is 0 Å². The molecular formula is C25H33N3O3S. The van der Waals surface area contributed by atoms with Gasteiger partial charge in [-0.05, 0) is 49.2 Å². The Labute approximate surface area is 196 Å². The SMILES string of the molecule is CCN(C(=S)N[C@H](Cc1ccccc1)C(=O)N[C@H](CC(C)C)C(=O)OC)c1ccccc1. The van der Waals surface area contributed by atoms with Crippen LogP contribution in [0.25, 0.3) is 0 Å². The number of amides is 1. The highest BCUT2D eigenvalue weighted by Crippen LogP contribution is 2.14. The van der Waals surface area contributed by atoms with Crippen molar-refractivity contribution in [2.45, 2.75) is 45.7 Å². The van der Waals surface area contributed by atoms with Gasteiger partial charge in [-0.2, -0.15) is 0 Å². The van der Waals surface area contributed by atoms with Gasteiger partial charge in [0.15, 0.2) is 5.11 Å². The van der Waals surface area contributed by atoms with Crippen LogP contribution in [0, 0.1) is 5.92 Å². The van der Waals surface area contributed by atoms with Crippen LogP contribution < -0.4 is 15.5 Å². The summed E-state index contributed by atoms with van der Waals surface area (Å²) < 4.78 is 4.90. The Kier molecular flexibility index (Phi) is 10.1. The van der Waals surface area contributed by atoms with Gasteiger partial charge in [0.1, 0.15) is 12.1 Å². The summed E-state index contributed by atoms with van der Waals surface area (Å²) in [5.74, 6) is -0.529. The molecule has 0 aromatic heterocycles. The van der Waals surface area contributed by atoms with E-state index in [-0.39, 0.29) is 11.8 Å². The third-order valence-corrected chi connectivity index (χ3v) is 5.37. The van der Waals surface area contributed by atoms with Crippen LogP contribution in [0.2, 0.25) is 0 Å². The van der Waals surface area contributed by atoms with E-state index in [1.54, 1.807) is 0 Å². The van der Waals surface area contributed by atoms with E-state index < -0.39 is 18.1 Å². The number of thiocarbonyl (C=S) groups is 1. The Balaban J connectivity index is 2.23. The molecule has 0 fully saturated rings. The fourth-order valence-corrected chi connectivity index (χ4v) is 3.81. The molecule has 2 aromatic rings. The Morgan fingerprint density at radius 2 is 1.56 bits per heavy atom. The molecule has 0 saturated carbocycles. The molecule has 0 aliphatic rings. The fourth-order valence-electron chi connectivity index (χ4n) is 3.44. The van der Waals surface area contributed by atoms with Gasteiger partial charge in [0.2, 0.25) is 5.91 Å². The second-order valence-corrected chi connectivity index (χ2v) is 8.37. The van der Waals surface area contributed by atoms with Gasteiger partial charge < -0.3 is 20.3 Å². The fraction of sp³-hybridized carbons (Fsp3) is 0.400. The molecule has 6 nitrogen and oxygen atoms in total. The molecule has 2 atom stereocenters. The van der Waals surface area contributed by atoms with E-state index in [0.717, 1.165) is 11.3 Å². The van der Waals surface area contributed by atoms with E-state index in [1.165, 1.54) is 7.11 Å². The van der Waals surface area contributed by atoms with Crippen LogP contribution in [0.5, 0.6) is 0 Å². The summed E-state index contributed by atoms with van der Waals surface area (Å²) in [4.78, 5) is 27.5. The Morgan fingerprint density at radius 3 is 2.09 bits per heavy atom. The number of nitrogens with one attached hydrogen (secondary N) is 2. The van der Waals surface area contributed by atoms with Crippen molar-refractivity contribution in [3.63, 3.8) is 0 Å². The Bertz CT molecular complexity index is 875. The highest BCUT2D eigenvalue weighted by molar-refractivity contribution is 7.80. The van der Waals surface area contributed by atoms with Crippen molar-refractivity contribution in [3.8, 4) is 0 Å². The van der Waals surface area contributed by atoms with Crippen molar-refractivity contribution in [2.75, 3.05) is 18.6 Å². The lowest BCUT2D eigenvalue weighted by molar-refractivity contribution is -0.145. The maximum atomic E-state index is 13.3. The zero-order valence-corrected chi connectivity index (χ0v) is 20.0. The quantitative estimate of drug-likeness (QED) is 0.421. The third-order valence-electron chi connectivity index (χ3n) is 5.04. The molecule has 1 amide bonds. The van der Waals surface area contributed by atoms with Gasteiger partial charge in [-0.15, -0.1) is 0 Å². The zero-order chi connectivity index (χ0) is 23.5. The van der Waals surface area contributed by atoms with Crippen LogP contribution >= 0.6 is 12.2 Å². The van der Waals surface area contributed by atoms with Crippen molar-refractivity contribution in [2.24, 2.45) is 5.92 Å². The molecule has 2 N–H and O–H groups in total. The number of hydrogen-bond acceptors (Lipinski definition) is 4. The largest absolute Gasteiger partial charge is 0.467 e. The van der Waals surface area contributed by atoms with Crippen LogP contribution in [0.3, 0.4) is 0 Å². The summed E-state index contributed by atoms with van der Waals surface area (Å²) in [6.07, 6.45) is 0.917. The summed E-state index contributed by atoms with van der Waals surface area (Å²) >= 11 is 5.67. The lowest BCUT2D eigenvalue weighted by Crippen LogP contribution is -2.55. The minimum atomic E-state index is -0.711. The number of carbonyl (C=O) groups is 2. The number of rotatable bonds is 10. The van der Waals surface area contributed by atoms with Crippen LogP contribution in [-0.2, 0) is 20.7 Å². The minimum Gasteiger partial charge on any atom is -0.467 e. The molecule has 7 heteroatoms. The monoisotopic (exact) mass is 455 g/mol. The van der Waals surface area contributed by atoms with E-state index >= 15 is 0 Å². The summed E-state index contributed by atoms with van der Waals surface area (Å²) in [7, 11) is 1.33. The number of hydrogen-bond donors (Lipinski definition) is 2. The molecule has 0 unspecified atom stereocenters. The van der Waals surface area contributed by atoms with Crippen molar-refractivity contribution in [3.05, 3.63) is 66.2 Å². The first kappa shape index (κ1) is 25.3. The number of anilines is 1. The standard InChI is InChI=1S/C25H33N3O3S/c1-5-28(20-14-10-7-11-15-20)25(32)27-21(17-19-12-8-6-9-13-19)23(29)26-22(16-18(2)3)24(30)31-4/h6-15,18,21-22H,5,16-17H2,1-4H3,(H,26,29)(H,27,32)/t21-,22-/m1/s1. The first-order chi connectivity index (χ1) is 15.3. The average molecular weight is 456 g/mol. The molecular weight excluding hydrogens is 422 g/mol. The van der Waals surface area contributed by atoms with Gasteiger partial charge in [-0.3, -0.25) is 4.79 Å². The second kappa shape index (κ2) is 12.8. The molecule has 0 aliphatic heterocycles. The first-order valence-corrected chi connectivity index (χ1v) is 11.3. The molecule has 172 valence electrons. The second-order valence-electron chi connectivity index (χ2n) is 7.99. The summed E-state index contributed by atoms with van der Waals surface area (Å²) in [6.45, 7) is 6.64. The number of ether oxygens (including phenoxy) is 1. The van der Waals surface area contributed by atoms with Gasteiger partial charge in [0.05, 0.1) is 7.11 Å². The number of nitrogens with zero attached hydrogens (tertiary/aromatic N) is 1. The molecule has 0 aliphatic carbocycles. The van der Waals surface area contributed by atoms with E-state index in [4.69, 9.17) is 17.0 Å². The van der Waals surface area contributed by atoms with E-state index in [0.29, 0.717) is 24.5 Å². The number of benzene rings is 2. The topological polar surface area (TPSA) is 70.7 Å². The normalized spacial score (nSPS) is 12.5. The first-order valence-electron chi connectivity index (χ1n) is 10.9. The van der Waals surface area contributed by atoms with E-state index in [9.17, 15) is 9.59 Å². The minimum absolute atomic E-state index is 0.217. The van der Waals surface area contributed by atoms with Crippen LogP contribution in [-0.4, -0.2) is 42.7 Å². The Morgan fingerprint density at radius 1 is 0.969 bits per heavy atom. The molecule has 0 spiro atoms. The van der Waals surface area contributed by atoms with Gasteiger partial charge in [-0.1, -0.05) is 62.4 Å². The van der Waals surface area contributed by atoms with E-state index in [2.05, 4.69) is 10.6 Å². The highest BCUT2D eigenvalue weighted by Gasteiger charge is 2.28. The van der Waals surface area contributed by atoms with Crippen LogP contribution in [0.4, 0.5) is 5.69 Å². The predicted octanol–water partition coefficient (Wildman–Crippen LogP) is 3.70. The van der Waals surface area contributed by atoms with Crippen molar-refractivity contribution in [1.82, 2.24) is 10.6 Å². The highest BCUT2D eigenvalue weighted by atomic mass is 32.1. The summed E-state index contributed by atoms with van der Waals surface area (Å²) in [5.41, 5.74) is 1.93. The molecule has 32 heavy (non-hydrogen) atoms. The van der Waals surface area contributed by atoms with Crippen molar-refractivity contribution < 1.29 is 14.3 Å². The van der Waals surface area contributed by atoms with E-state index in [1.807, 2.05) is 86.3 Å². The average Bonchev–Trinajstić information content (AvgIpc) is 2.79. The number of esters is 1. The molecule has 2 aromatic carbocycles. The third kappa shape index (κ3) is 7.64. The lowest BCUT2D eigenvalue weighted by Gasteiger charge is -2.29. The smallest absolute Gasteiger partial charge is 0.328 e. The van der Waals surface area contributed by atoms with Gasteiger partial charge >= 0.3 is 5.97 Å². The number of carbonyl (C=O) groups excluding carboxylic acids is 2. The van der Waals surface area contributed by atoms with Crippen LogP contribution in [0.15, 0.2) is 60.7 Å². The molecule has 0 heterocycles.